The van der Waals surface area contributed by atoms with Gasteiger partial charge < -0.3 is 9.84 Å². The van der Waals surface area contributed by atoms with Gasteiger partial charge in [0, 0.05) is 0 Å². The fourth-order valence-corrected chi connectivity index (χ4v) is 0.254. The molecule has 0 aliphatic rings. The lowest BCUT2D eigenvalue weighted by Crippen LogP contribution is -2.04. The summed E-state index contributed by atoms with van der Waals surface area (Å²) in [7, 11) is 0. The van der Waals surface area contributed by atoms with Crippen LogP contribution in [0.3, 0.4) is 0 Å². The summed E-state index contributed by atoms with van der Waals surface area (Å²) in [5, 5.41) is 8.63. The van der Waals surface area contributed by atoms with Gasteiger partial charge in [-0.05, 0) is 13.0 Å². The third-order valence-corrected chi connectivity index (χ3v) is 0.524. The van der Waals surface area contributed by atoms with Crippen LogP contribution in [0.1, 0.15) is 6.92 Å². The molecule has 0 fully saturated rings. The van der Waals surface area contributed by atoms with Gasteiger partial charge in [-0.1, -0.05) is 13.2 Å². The molecule has 0 aliphatic heterocycles. The fraction of sp³-hybridized carbons (Fsp3) is 0.333. The minimum absolute atomic E-state index is 0.484. The highest BCUT2D eigenvalue weighted by Gasteiger charge is 1.93. The zero-order valence-corrected chi connectivity index (χ0v) is 4.92. The molecule has 0 saturated carbocycles. The number of hydrogen-bond donors (Lipinski definition) is 1. The molecule has 0 amide bonds. The summed E-state index contributed by atoms with van der Waals surface area (Å²) in [6, 6.07) is 0. The molecule has 0 aromatic heterocycles. The zero-order valence-electron chi connectivity index (χ0n) is 4.92. The topological polar surface area (TPSA) is 29.5 Å². The molecule has 0 aromatic carbocycles. The smallest absolute Gasteiger partial charge is 0.216 e. The molecule has 0 bridgehead atoms. The number of rotatable bonds is 3. The van der Waals surface area contributed by atoms with Crippen molar-refractivity contribution in [1.29, 1.82) is 0 Å². The summed E-state index contributed by atoms with van der Waals surface area (Å²) in [5.41, 5.74) is 0. The average molecular weight is 114 g/mol. The maximum Gasteiger partial charge on any atom is 0.216 e. The molecule has 0 heterocycles. The van der Waals surface area contributed by atoms with Gasteiger partial charge in [0.15, 0.2) is 0 Å². The molecule has 0 spiro atoms. The Bertz CT molecular complexity index is 96.7. The van der Waals surface area contributed by atoms with Gasteiger partial charge in [0.05, 0.1) is 5.76 Å². The highest BCUT2D eigenvalue weighted by Crippen LogP contribution is 1.95. The molecule has 0 radical (unpaired) electrons. The van der Waals surface area contributed by atoms with Crippen molar-refractivity contribution in [2.45, 2.75) is 13.2 Å². The van der Waals surface area contributed by atoms with E-state index >= 15 is 0 Å². The maximum atomic E-state index is 8.63. The molecule has 0 saturated heterocycles. The third-order valence-electron chi connectivity index (χ3n) is 0.524. The SMILES string of the molecule is C=CC(O)OC(=C)C. The molecule has 0 aromatic rings. The predicted octanol–water partition coefficient (Wildman–Crippen LogP) is 1.04. The van der Waals surface area contributed by atoms with Crippen LogP contribution in [0.2, 0.25) is 0 Å². The van der Waals surface area contributed by atoms with Crippen LogP contribution in [0.4, 0.5) is 0 Å². The monoisotopic (exact) mass is 114 g/mol. The third kappa shape index (κ3) is 3.43. The fourth-order valence-electron chi connectivity index (χ4n) is 0.254. The number of aliphatic hydroxyl groups is 1. The van der Waals surface area contributed by atoms with Crippen LogP contribution >= 0.6 is 0 Å². The first-order chi connectivity index (χ1) is 3.66. The van der Waals surface area contributed by atoms with E-state index in [1.165, 1.54) is 6.08 Å². The Labute approximate surface area is 49.1 Å². The Morgan fingerprint density at radius 3 is 2.50 bits per heavy atom. The van der Waals surface area contributed by atoms with Gasteiger partial charge in [-0.2, -0.15) is 0 Å². The lowest BCUT2D eigenvalue weighted by Gasteiger charge is -2.06. The summed E-state index contributed by atoms with van der Waals surface area (Å²) in [5.74, 6) is 0.484. The van der Waals surface area contributed by atoms with Crippen molar-refractivity contribution in [1.82, 2.24) is 0 Å². The minimum Gasteiger partial charge on any atom is -0.467 e. The van der Waals surface area contributed by atoms with E-state index in [9.17, 15) is 0 Å². The van der Waals surface area contributed by atoms with Crippen LogP contribution in [0.25, 0.3) is 0 Å². The van der Waals surface area contributed by atoms with Crippen LogP contribution in [0.5, 0.6) is 0 Å². The van der Waals surface area contributed by atoms with Crippen LogP contribution in [0, 0.1) is 0 Å². The predicted molar refractivity (Wildman–Crippen MR) is 32.1 cm³/mol. The van der Waals surface area contributed by atoms with Gasteiger partial charge in [0.1, 0.15) is 0 Å². The van der Waals surface area contributed by atoms with Gasteiger partial charge in [-0.25, -0.2) is 0 Å². The number of hydrogen-bond acceptors (Lipinski definition) is 2. The Kier molecular flexibility index (Phi) is 2.96. The first kappa shape index (κ1) is 7.24. The van der Waals surface area contributed by atoms with E-state index in [0.29, 0.717) is 5.76 Å². The number of ether oxygens (including phenoxy) is 1. The molecule has 1 atom stereocenters. The van der Waals surface area contributed by atoms with Crippen molar-refractivity contribution in [2.24, 2.45) is 0 Å². The Balaban J connectivity index is 3.38. The van der Waals surface area contributed by atoms with E-state index in [1.54, 1.807) is 6.92 Å². The maximum absolute atomic E-state index is 8.63. The molecular formula is C6H10O2. The van der Waals surface area contributed by atoms with Crippen LogP contribution in [-0.2, 0) is 4.74 Å². The second kappa shape index (κ2) is 3.27. The van der Waals surface area contributed by atoms with Crippen molar-refractivity contribution in [2.75, 3.05) is 0 Å². The van der Waals surface area contributed by atoms with Crippen LogP contribution in [0.15, 0.2) is 25.0 Å². The molecule has 8 heavy (non-hydrogen) atoms. The summed E-state index contributed by atoms with van der Waals surface area (Å²) >= 11 is 0. The molecule has 0 rings (SSSR count). The summed E-state index contributed by atoms with van der Waals surface area (Å²) in [6.45, 7) is 8.37. The van der Waals surface area contributed by atoms with Gasteiger partial charge in [0.2, 0.25) is 6.29 Å². The standard InChI is InChI=1S/C6H10O2/c1-4-6(7)8-5(2)3/h4,6-7H,1-2H2,3H3. The van der Waals surface area contributed by atoms with Gasteiger partial charge in [-0.15, -0.1) is 0 Å². The average Bonchev–Trinajstić information content (AvgIpc) is 1.65. The summed E-state index contributed by atoms with van der Waals surface area (Å²) in [4.78, 5) is 0. The van der Waals surface area contributed by atoms with Gasteiger partial charge in [0.25, 0.3) is 0 Å². The van der Waals surface area contributed by atoms with E-state index in [2.05, 4.69) is 17.9 Å². The first-order valence-electron chi connectivity index (χ1n) is 2.29. The largest absolute Gasteiger partial charge is 0.467 e. The van der Waals surface area contributed by atoms with E-state index < -0.39 is 6.29 Å². The van der Waals surface area contributed by atoms with E-state index in [1.807, 2.05) is 0 Å². The molecule has 2 heteroatoms. The Morgan fingerprint density at radius 1 is 1.88 bits per heavy atom. The minimum atomic E-state index is -0.910. The lowest BCUT2D eigenvalue weighted by atomic mass is 10.6. The van der Waals surface area contributed by atoms with Crippen LogP contribution < -0.4 is 0 Å². The normalized spacial score (nSPS) is 12.2. The second-order valence-electron chi connectivity index (χ2n) is 1.45. The number of allylic oxidation sites excluding steroid dienone is 1. The van der Waals surface area contributed by atoms with E-state index in [0.717, 1.165) is 0 Å². The summed E-state index contributed by atoms with van der Waals surface area (Å²) < 4.78 is 4.64. The first-order valence-corrected chi connectivity index (χ1v) is 2.29. The van der Waals surface area contributed by atoms with Gasteiger partial charge in [-0.3, -0.25) is 0 Å². The van der Waals surface area contributed by atoms with Gasteiger partial charge >= 0.3 is 0 Å². The molecule has 46 valence electrons. The molecule has 0 aliphatic carbocycles. The highest BCUT2D eigenvalue weighted by atomic mass is 16.6. The van der Waals surface area contributed by atoms with Crippen molar-refractivity contribution in [3.05, 3.63) is 25.0 Å². The van der Waals surface area contributed by atoms with Crippen molar-refractivity contribution in [3.8, 4) is 0 Å². The van der Waals surface area contributed by atoms with E-state index in [4.69, 9.17) is 5.11 Å². The van der Waals surface area contributed by atoms with Crippen LogP contribution in [-0.4, -0.2) is 11.4 Å². The quantitative estimate of drug-likeness (QED) is 0.337. The van der Waals surface area contributed by atoms with E-state index in [-0.39, 0.29) is 0 Å². The lowest BCUT2D eigenvalue weighted by molar-refractivity contribution is -0.0248. The Morgan fingerprint density at radius 2 is 2.38 bits per heavy atom. The van der Waals surface area contributed by atoms with Crippen molar-refractivity contribution >= 4 is 0 Å². The van der Waals surface area contributed by atoms with Crippen molar-refractivity contribution < 1.29 is 9.84 Å². The number of aliphatic hydroxyl groups excluding tert-OH is 1. The zero-order chi connectivity index (χ0) is 6.57. The second-order valence-corrected chi connectivity index (χ2v) is 1.45. The Hall–Kier alpha value is -0.760. The molecule has 1 N–H and O–H groups in total. The highest BCUT2D eigenvalue weighted by molar-refractivity contribution is 4.79. The summed E-state index contributed by atoms with van der Waals surface area (Å²) in [6.07, 6.45) is 0.377. The molecular weight excluding hydrogens is 104 g/mol. The molecule has 2 nitrogen and oxygen atoms in total. The molecule has 1 unspecified atom stereocenters. The van der Waals surface area contributed by atoms with Crippen molar-refractivity contribution in [3.63, 3.8) is 0 Å².